The van der Waals surface area contributed by atoms with Crippen LogP contribution in [-0.2, 0) is 11.8 Å². The van der Waals surface area contributed by atoms with E-state index < -0.39 is 6.10 Å². The number of likely N-dealkylation sites (N-methyl/N-ethyl adjacent to an activating group) is 1. The molecule has 0 spiro atoms. The fourth-order valence-electron chi connectivity index (χ4n) is 4.03. The van der Waals surface area contributed by atoms with Crippen molar-refractivity contribution in [3.63, 3.8) is 0 Å². The van der Waals surface area contributed by atoms with E-state index in [9.17, 15) is 5.11 Å². The fourth-order valence-corrected chi connectivity index (χ4v) is 4.03. The highest BCUT2D eigenvalue weighted by Crippen LogP contribution is 2.29. The highest BCUT2D eigenvalue weighted by Gasteiger charge is 2.22. The normalized spacial score (nSPS) is 15.3. The van der Waals surface area contributed by atoms with E-state index in [1.807, 2.05) is 55.1 Å². The SMILES string of the molecule is CNCC(O)COc1cccc(-c2nc(-c3cn(C)c(C)n3)cc(N(C)C3CCOCC3)n2)c1. The predicted molar refractivity (Wildman–Crippen MR) is 132 cm³/mol. The van der Waals surface area contributed by atoms with Gasteiger partial charge in [0.15, 0.2) is 5.82 Å². The summed E-state index contributed by atoms with van der Waals surface area (Å²) < 4.78 is 13.3. The third kappa shape index (κ3) is 5.72. The molecule has 9 heteroatoms. The minimum atomic E-state index is -0.583. The Bertz CT molecular complexity index is 1080. The lowest BCUT2D eigenvalue weighted by Crippen LogP contribution is -2.37. The number of nitrogens with zero attached hydrogens (tertiary/aromatic N) is 5. The topological polar surface area (TPSA) is 97.6 Å². The summed E-state index contributed by atoms with van der Waals surface area (Å²) in [6, 6.07) is 10.0. The molecule has 0 radical (unpaired) electrons. The highest BCUT2D eigenvalue weighted by molar-refractivity contribution is 5.66. The number of nitrogens with one attached hydrogen (secondary N) is 1. The lowest BCUT2D eigenvalue weighted by Gasteiger charge is -2.32. The monoisotopic (exact) mass is 466 g/mol. The number of anilines is 1. The van der Waals surface area contributed by atoms with Gasteiger partial charge in [0.05, 0.1) is 5.69 Å². The van der Waals surface area contributed by atoms with Crippen LogP contribution in [0.5, 0.6) is 5.75 Å². The van der Waals surface area contributed by atoms with Crippen molar-refractivity contribution in [2.45, 2.75) is 31.9 Å². The summed E-state index contributed by atoms with van der Waals surface area (Å²) in [5.41, 5.74) is 2.43. The van der Waals surface area contributed by atoms with E-state index in [1.54, 1.807) is 7.05 Å². The number of aliphatic hydroxyl groups is 1. The standard InChI is InChI=1S/C25H34N6O3/c1-17-27-23(15-30(17)3)22-13-24(31(4)19-8-10-33-11-9-19)29-25(28-22)18-6-5-7-21(12-18)34-16-20(32)14-26-2/h5-7,12-13,15,19-20,26,32H,8-11,14,16H2,1-4H3. The molecule has 9 nitrogen and oxygen atoms in total. The first-order valence-corrected chi connectivity index (χ1v) is 11.7. The Morgan fingerprint density at radius 3 is 2.71 bits per heavy atom. The van der Waals surface area contributed by atoms with Gasteiger partial charge in [-0.05, 0) is 38.9 Å². The van der Waals surface area contributed by atoms with E-state index in [2.05, 4.69) is 22.2 Å². The third-order valence-corrected chi connectivity index (χ3v) is 6.16. The van der Waals surface area contributed by atoms with Crippen LogP contribution >= 0.6 is 0 Å². The number of hydrogen-bond donors (Lipinski definition) is 2. The first kappa shape index (κ1) is 24.1. The van der Waals surface area contributed by atoms with Gasteiger partial charge in [0.25, 0.3) is 0 Å². The Morgan fingerprint density at radius 2 is 2.00 bits per heavy atom. The van der Waals surface area contributed by atoms with Crippen LogP contribution in [0.25, 0.3) is 22.8 Å². The molecule has 0 amide bonds. The highest BCUT2D eigenvalue weighted by atomic mass is 16.5. The maximum absolute atomic E-state index is 9.97. The number of ether oxygens (including phenoxy) is 2. The summed E-state index contributed by atoms with van der Waals surface area (Å²) in [6.07, 6.45) is 3.33. The van der Waals surface area contributed by atoms with Crippen LogP contribution in [0.4, 0.5) is 5.82 Å². The van der Waals surface area contributed by atoms with Gasteiger partial charge in [-0.25, -0.2) is 15.0 Å². The van der Waals surface area contributed by atoms with Gasteiger partial charge >= 0.3 is 0 Å². The number of aromatic nitrogens is 4. The Hall–Kier alpha value is -3.01. The van der Waals surface area contributed by atoms with E-state index in [1.165, 1.54) is 0 Å². The second kappa shape index (κ2) is 10.9. The molecule has 1 aliphatic rings. The molecule has 0 aliphatic carbocycles. The summed E-state index contributed by atoms with van der Waals surface area (Å²) in [6.45, 7) is 4.17. The minimum absolute atomic E-state index is 0.205. The van der Waals surface area contributed by atoms with E-state index in [-0.39, 0.29) is 6.61 Å². The molecule has 2 N–H and O–H groups in total. The molecule has 1 saturated heterocycles. The molecule has 1 aliphatic heterocycles. The number of aliphatic hydroxyl groups excluding tert-OH is 1. The molecule has 182 valence electrons. The van der Waals surface area contributed by atoms with Crippen LogP contribution in [0, 0.1) is 6.92 Å². The van der Waals surface area contributed by atoms with Gasteiger partial charge in [0.1, 0.15) is 35.8 Å². The van der Waals surface area contributed by atoms with E-state index in [4.69, 9.17) is 19.4 Å². The average molecular weight is 467 g/mol. The first-order valence-electron chi connectivity index (χ1n) is 11.7. The lowest BCUT2D eigenvalue weighted by atomic mass is 10.1. The molecule has 4 rings (SSSR count). The van der Waals surface area contributed by atoms with Crippen LogP contribution in [0.3, 0.4) is 0 Å². The predicted octanol–water partition coefficient (Wildman–Crippen LogP) is 2.43. The van der Waals surface area contributed by atoms with Gasteiger partial charge in [-0.2, -0.15) is 0 Å². The van der Waals surface area contributed by atoms with Crippen molar-refractivity contribution >= 4 is 5.82 Å². The number of hydrogen-bond acceptors (Lipinski definition) is 8. The summed E-state index contributed by atoms with van der Waals surface area (Å²) in [5.74, 6) is 3.04. The maximum atomic E-state index is 9.97. The molecule has 1 atom stereocenters. The molecule has 3 aromatic rings. The second-order valence-electron chi connectivity index (χ2n) is 8.72. The Balaban J connectivity index is 1.68. The zero-order chi connectivity index (χ0) is 24.1. The molecular formula is C25H34N6O3. The van der Waals surface area contributed by atoms with Crippen molar-refractivity contribution < 1.29 is 14.6 Å². The van der Waals surface area contributed by atoms with Crippen LogP contribution in [0.1, 0.15) is 18.7 Å². The summed E-state index contributed by atoms with van der Waals surface area (Å²) >= 11 is 0. The lowest BCUT2D eigenvalue weighted by molar-refractivity contribution is 0.0853. The van der Waals surface area contributed by atoms with Crippen LogP contribution in [0.2, 0.25) is 0 Å². The zero-order valence-electron chi connectivity index (χ0n) is 20.4. The van der Waals surface area contributed by atoms with Crippen LogP contribution < -0.4 is 15.0 Å². The number of imidazole rings is 1. The van der Waals surface area contributed by atoms with Gasteiger partial charge in [-0.1, -0.05) is 12.1 Å². The van der Waals surface area contributed by atoms with Gasteiger partial charge < -0.3 is 29.4 Å². The van der Waals surface area contributed by atoms with Gasteiger partial charge in [0, 0.05) is 57.7 Å². The van der Waals surface area contributed by atoms with E-state index in [0.717, 1.165) is 54.6 Å². The second-order valence-corrected chi connectivity index (χ2v) is 8.72. The van der Waals surface area contributed by atoms with Crippen molar-refractivity contribution in [3.05, 3.63) is 42.4 Å². The van der Waals surface area contributed by atoms with Gasteiger partial charge in [-0.15, -0.1) is 0 Å². The van der Waals surface area contributed by atoms with Gasteiger partial charge in [0.2, 0.25) is 0 Å². The maximum Gasteiger partial charge on any atom is 0.162 e. The molecule has 0 saturated carbocycles. The minimum Gasteiger partial charge on any atom is -0.491 e. The van der Waals surface area contributed by atoms with Crippen LogP contribution in [0.15, 0.2) is 36.5 Å². The molecule has 1 fully saturated rings. The number of aryl methyl sites for hydroxylation is 2. The number of rotatable bonds is 9. The Kier molecular flexibility index (Phi) is 7.77. The third-order valence-electron chi connectivity index (χ3n) is 6.16. The molecule has 0 bridgehead atoms. The summed E-state index contributed by atoms with van der Waals surface area (Å²) in [7, 11) is 5.86. The Labute approximate surface area is 200 Å². The molecular weight excluding hydrogens is 432 g/mol. The summed E-state index contributed by atoms with van der Waals surface area (Å²) in [5, 5.41) is 12.9. The average Bonchev–Trinajstić information content (AvgIpc) is 3.21. The van der Waals surface area contributed by atoms with Crippen molar-refractivity contribution in [1.29, 1.82) is 0 Å². The molecule has 1 aromatic carbocycles. The largest absolute Gasteiger partial charge is 0.491 e. The zero-order valence-corrected chi connectivity index (χ0v) is 20.4. The van der Waals surface area contributed by atoms with Crippen molar-refractivity contribution in [2.24, 2.45) is 7.05 Å². The van der Waals surface area contributed by atoms with Crippen molar-refractivity contribution in [2.75, 3.05) is 45.4 Å². The van der Waals surface area contributed by atoms with Gasteiger partial charge in [-0.3, -0.25) is 0 Å². The fraction of sp³-hybridized carbons (Fsp3) is 0.480. The summed E-state index contributed by atoms with van der Waals surface area (Å²) in [4.78, 5) is 16.7. The van der Waals surface area contributed by atoms with Crippen LogP contribution in [-0.4, -0.2) is 77.2 Å². The molecule has 2 aromatic heterocycles. The van der Waals surface area contributed by atoms with E-state index >= 15 is 0 Å². The molecule has 1 unspecified atom stereocenters. The molecule has 34 heavy (non-hydrogen) atoms. The quantitative estimate of drug-likeness (QED) is 0.496. The number of benzene rings is 1. The molecule has 3 heterocycles. The first-order chi connectivity index (χ1) is 16.4. The van der Waals surface area contributed by atoms with Crippen molar-refractivity contribution in [3.8, 4) is 28.5 Å². The van der Waals surface area contributed by atoms with Crippen molar-refractivity contribution in [1.82, 2.24) is 24.8 Å². The Morgan fingerprint density at radius 1 is 1.21 bits per heavy atom. The van der Waals surface area contributed by atoms with E-state index in [0.29, 0.717) is 24.2 Å². The smallest absolute Gasteiger partial charge is 0.162 e.